The molecule has 0 fully saturated rings. The second-order valence-corrected chi connectivity index (χ2v) is 6.07. The molecule has 2 aromatic rings. The summed E-state index contributed by atoms with van der Waals surface area (Å²) < 4.78 is 18.9. The zero-order valence-corrected chi connectivity index (χ0v) is 12.3. The van der Waals surface area contributed by atoms with Crippen molar-refractivity contribution in [1.82, 2.24) is 5.32 Å². The van der Waals surface area contributed by atoms with Gasteiger partial charge >= 0.3 is 0 Å². The van der Waals surface area contributed by atoms with E-state index in [9.17, 15) is 9.18 Å². The average Bonchev–Trinajstić information content (AvgIpc) is 2.81. The predicted molar refractivity (Wildman–Crippen MR) is 75.8 cm³/mol. The van der Waals surface area contributed by atoms with Crippen molar-refractivity contribution >= 4 is 33.2 Å². The van der Waals surface area contributed by atoms with Crippen LogP contribution in [0.25, 0.3) is 0 Å². The van der Waals surface area contributed by atoms with Crippen molar-refractivity contribution < 1.29 is 13.9 Å². The van der Waals surface area contributed by atoms with Gasteiger partial charge in [-0.2, -0.15) is 0 Å². The van der Waals surface area contributed by atoms with Gasteiger partial charge in [-0.3, -0.25) is 4.79 Å². The lowest BCUT2D eigenvalue weighted by atomic mass is 10.3. The molecule has 1 heterocycles. The molecule has 0 radical (unpaired) electrons. The Morgan fingerprint density at radius 1 is 1.37 bits per heavy atom. The average molecular weight is 344 g/mol. The highest BCUT2D eigenvalue weighted by atomic mass is 79.9. The minimum absolute atomic E-state index is 0.0864. The van der Waals surface area contributed by atoms with Gasteiger partial charge in [0.2, 0.25) is 0 Å². The number of halogens is 2. The summed E-state index contributed by atoms with van der Waals surface area (Å²) in [5, 5.41) is 4.71. The van der Waals surface area contributed by atoms with E-state index in [1.807, 2.05) is 11.4 Å². The quantitative estimate of drug-likeness (QED) is 0.904. The van der Waals surface area contributed by atoms with Gasteiger partial charge in [-0.05, 0) is 57.2 Å². The Balaban J connectivity index is 1.74. The number of carbonyl (C=O) groups excluding carboxylic acids is 1. The summed E-state index contributed by atoms with van der Waals surface area (Å²) in [4.78, 5) is 11.5. The molecule has 3 nitrogen and oxygen atoms in total. The monoisotopic (exact) mass is 343 g/mol. The van der Waals surface area contributed by atoms with Crippen LogP contribution in [0.15, 0.2) is 39.5 Å². The van der Waals surface area contributed by atoms with Crippen LogP contribution in [0.1, 0.15) is 5.56 Å². The van der Waals surface area contributed by atoms with Crippen molar-refractivity contribution in [2.45, 2.75) is 6.54 Å². The molecule has 0 saturated carbocycles. The molecule has 0 aliphatic rings. The van der Waals surface area contributed by atoms with E-state index in [0.29, 0.717) is 12.3 Å². The molecule has 1 N–H and O–H groups in total. The van der Waals surface area contributed by atoms with Crippen LogP contribution in [-0.4, -0.2) is 12.5 Å². The van der Waals surface area contributed by atoms with E-state index in [4.69, 9.17) is 4.74 Å². The fraction of sp³-hybridized carbons (Fsp3) is 0.154. The van der Waals surface area contributed by atoms with Crippen molar-refractivity contribution in [2.24, 2.45) is 0 Å². The number of ether oxygens (including phenoxy) is 1. The van der Waals surface area contributed by atoms with Crippen LogP contribution in [0.4, 0.5) is 4.39 Å². The van der Waals surface area contributed by atoms with Crippen LogP contribution in [0, 0.1) is 5.82 Å². The highest BCUT2D eigenvalue weighted by Gasteiger charge is 2.04. The normalized spacial score (nSPS) is 10.2. The highest BCUT2D eigenvalue weighted by molar-refractivity contribution is 9.11. The zero-order chi connectivity index (χ0) is 13.7. The van der Waals surface area contributed by atoms with Crippen molar-refractivity contribution in [2.75, 3.05) is 6.61 Å². The van der Waals surface area contributed by atoms with Crippen LogP contribution in [0.3, 0.4) is 0 Å². The van der Waals surface area contributed by atoms with Gasteiger partial charge in [0.1, 0.15) is 11.6 Å². The Bertz CT molecular complexity index is 556. The molecule has 1 aromatic heterocycles. The number of benzene rings is 1. The van der Waals surface area contributed by atoms with Crippen LogP contribution < -0.4 is 10.1 Å². The number of hydrogen-bond donors (Lipinski definition) is 1. The van der Waals surface area contributed by atoms with Gasteiger partial charge in [0.15, 0.2) is 6.61 Å². The third kappa shape index (κ3) is 4.65. The summed E-state index contributed by atoms with van der Waals surface area (Å²) in [6.45, 7) is 0.380. The van der Waals surface area contributed by atoms with Crippen molar-refractivity contribution in [1.29, 1.82) is 0 Å². The summed E-state index contributed by atoms with van der Waals surface area (Å²) in [5.74, 6) is -0.0821. The van der Waals surface area contributed by atoms with Gasteiger partial charge in [-0.15, -0.1) is 11.3 Å². The maximum atomic E-state index is 12.7. The third-order valence-corrected chi connectivity index (χ3v) is 3.85. The van der Waals surface area contributed by atoms with Gasteiger partial charge in [-0.1, -0.05) is 0 Å². The Kier molecular flexibility index (Phi) is 4.93. The van der Waals surface area contributed by atoms with Gasteiger partial charge in [0.25, 0.3) is 5.91 Å². The second kappa shape index (κ2) is 6.68. The van der Waals surface area contributed by atoms with Crippen LogP contribution in [0.2, 0.25) is 0 Å². The molecular formula is C13H11BrFNO2S. The standard InChI is InChI=1S/C13H11BrFNO2S/c14-12-5-9(8-19-12)6-16-13(17)7-18-11-3-1-10(15)2-4-11/h1-5,8H,6-7H2,(H,16,17). The number of hydrogen-bond acceptors (Lipinski definition) is 3. The van der Waals surface area contributed by atoms with E-state index in [1.165, 1.54) is 24.3 Å². The largest absolute Gasteiger partial charge is 0.484 e. The molecule has 0 bridgehead atoms. The van der Waals surface area contributed by atoms with E-state index in [2.05, 4.69) is 21.2 Å². The fourth-order valence-electron chi connectivity index (χ4n) is 1.37. The fourth-order valence-corrected chi connectivity index (χ4v) is 2.58. The summed E-state index contributed by atoms with van der Waals surface area (Å²) in [6, 6.07) is 7.50. The molecule has 2 rings (SSSR count). The maximum Gasteiger partial charge on any atom is 0.258 e. The lowest BCUT2D eigenvalue weighted by Crippen LogP contribution is -2.28. The van der Waals surface area contributed by atoms with Crippen molar-refractivity contribution in [3.8, 4) is 5.75 Å². The lowest BCUT2D eigenvalue weighted by molar-refractivity contribution is -0.123. The minimum Gasteiger partial charge on any atom is -0.484 e. The first-order valence-electron chi connectivity index (χ1n) is 5.51. The first kappa shape index (κ1) is 14.0. The van der Waals surface area contributed by atoms with Gasteiger partial charge in [0, 0.05) is 6.54 Å². The Labute approximate surface area is 122 Å². The van der Waals surface area contributed by atoms with E-state index < -0.39 is 0 Å². The van der Waals surface area contributed by atoms with E-state index in [0.717, 1.165) is 9.35 Å². The maximum absolute atomic E-state index is 12.7. The summed E-state index contributed by atoms with van der Waals surface area (Å²) >= 11 is 4.92. The summed E-state index contributed by atoms with van der Waals surface area (Å²) in [7, 11) is 0. The van der Waals surface area contributed by atoms with Crippen LogP contribution in [-0.2, 0) is 11.3 Å². The molecule has 1 aromatic carbocycles. The number of rotatable bonds is 5. The number of nitrogens with one attached hydrogen (secondary N) is 1. The molecule has 0 spiro atoms. The smallest absolute Gasteiger partial charge is 0.258 e. The number of carbonyl (C=O) groups is 1. The predicted octanol–water partition coefficient (Wildman–Crippen LogP) is 3.34. The topological polar surface area (TPSA) is 38.3 Å². The van der Waals surface area contributed by atoms with Gasteiger partial charge in [-0.25, -0.2) is 4.39 Å². The first-order valence-corrected chi connectivity index (χ1v) is 7.19. The number of thiophene rings is 1. The molecule has 100 valence electrons. The lowest BCUT2D eigenvalue weighted by Gasteiger charge is -2.06. The Morgan fingerprint density at radius 2 is 2.11 bits per heavy atom. The molecule has 0 aliphatic carbocycles. The molecule has 6 heteroatoms. The third-order valence-electron chi connectivity index (χ3n) is 2.30. The number of amides is 1. The molecule has 0 aliphatic heterocycles. The summed E-state index contributed by atoms with van der Waals surface area (Å²) in [6.07, 6.45) is 0. The SMILES string of the molecule is O=C(COc1ccc(F)cc1)NCc1csc(Br)c1. The second-order valence-electron chi connectivity index (χ2n) is 3.78. The van der Waals surface area contributed by atoms with Gasteiger partial charge < -0.3 is 10.1 Å². The summed E-state index contributed by atoms with van der Waals surface area (Å²) in [5.41, 5.74) is 1.03. The molecule has 19 heavy (non-hydrogen) atoms. The Hall–Kier alpha value is -1.40. The van der Waals surface area contributed by atoms with Gasteiger partial charge in [0.05, 0.1) is 3.79 Å². The highest BCUT2D eigenvalue weighted by Crippen LogP contribution is 2.20. The molecule has 1 amide bonds. The van der Waals surface area contributed by atoms with E-state index >= 15 is 0 Å². The Morgan fingerprint density at radius 3 is 2.74 bits per heavy atom. The van der Waals surface area contributed by atoms with E-state index in [1.54, 1.807) is 11.3 Å². The molecule has 0 atom stereocenters. The molecule has 0 saturated heterocycles. The molecule has 0 unspecified atom stereocenters. The van der Waals surface area contributed by atoms with Crippen molar-refractivity contribution in [3.63, 3.8) is 0 Å². The molecular weight excluding hydrogens is 333 g/mol. The first-order chi connectivity index (χ1) is 9.13. The minimum atomic E-state index is -0.333. The van der Waals surface area contributed by atoms with E-state index in [-0.39, 0.29) is 18.3 Å². The van der Waals surface area contributed by atoms with Crippen LogP contribution in [0.5, 0.6) is 5.75 Å². The van der Waals surface area contributed by atoms with Crippen LogP contribution >= 0.6 is 27.3 Å². The van der Waals surface area contributed by atoms with Crippen molar-refractivity contribution in [3.05, 3.63) is 50.9 Å². The zero-order valence-electron chi connectivity index (χ0n) is 9.86.